The highest BCUT2D eigenvalue weighted by atomic mass is 32.2. The van der Waals surface area contributed by atoms with Crippen molar-refractivity contribution in [1.82, 2.24) is 4.90 Å². The SMILES string of the molecule is CCc1cccc(C)c1NC(=O)c1ccc(C2SCC(=O)N2Cc2ccccc2)cc1. The maximum Gasteiger partial charge on any atom is 0.255 e. The van der Waals surface area contributed by atoms with Crippen LogP contribution in [-0.4, -0.2) is 22.5 Å². The van der Waals surface area contributed by atoms with Gasteiger partial charge in [-0.2, -0.15) is 0 Å². The van der Waals surface area contributed by atoms with Gasteiger partial charge in [-0.05, 0) is 47.7 Å². The Hall–Kier alpha value is -3.05. The van der Waals surface area contributed by atoms with E-state index in [1.54, 1.807) is 11.8 Å². The summed E-state index contributed by atoms with van der Waals surface area (Å²) in [5, 5.41) is 3.04. The van der Waals surface area contributed by atoms with E-state index in [4.69, 9.17) is 0 Å². The molecule has 158 valence electrons. The number of carbonyl (C=O) groups excluding carboxylic acids is 2. The van der Waals surface area contributed by atoms with Crippen molar-refractivity contribution in [2.45, 2.75) is 32.2 Å². The van der Waals surface area contributed by atoms with E-state index in [-0.39, 0.29) is 17.2 Å². The predicted octanol–water partition coefficient (Wildman–Crippen LogP) is 5.58. The highest BCUT2D eigenvalue weighted by molar-refractivity contribution is 8.00. The van der Waals surface area contributed by atoms with Gasteiger partial charge < -0.3 is 10.2 Å². The van der Waals surface area contributed by atoms with Crippen LogP contribution in [0.2, 0.25) is 0 Å². The van der Waals surface area contributed by atoms with Gasteiger partial charge >= 0.3 is 0 Å². The Bertz CT molecular complexity index is 1080. The Morgan fingerprint density at radius 2 is 1.77 bits per heavy atom. The maximum atomic E-state index is 12.8. The van der Waals surface area contributed by atoms with E-state index in [0.29, 0.717) is 17.9 Å². The number of hydrogen-bond acceptors (Lipinski definition) is 3. The molecule has 1 fully saturated rings. The lowest BCUT2D eigenvalue weighted by atomic mass is 10.0. The van der Waals surface area contributed by atoms with Crippen LogP contribution in [0.1, 0.15) is 44.9 Å². The average Bonchev–Trinajstić information content (AvgIpc) is 3.16. The highest BCUT2D eigenvalue weighted by Gasteiger charge is 2.32. The molecule has 0 radical (unpaired) electrons. The third kappa shape index (κ3) is 4.67. The lowest BCUT2D eigenvalue weighted by Crippen LogP contribution is -2.27. The summed E-state index contributed by atoms with van der Waals surface area (Å²) in [5.41, 5.74) is 5.84. The molecule has 0 aliphatic carbocycles. The van der Waals surface area contributed by atoms with E-state index in [1.165, 1.54) is 0 Å². The van der Waals surface area contributed by atoms with Crippen molar-refractivity contribution < 1.29 is 9.59 Å². The van der Waals surface area contributed by atoms with Crippen LogP contribution in [0.15, 0.2) is 72.8 Å². The number of rotatable bonds is 6. The molecule has 1 N–H and O–H groups in total. The van der Waals surface area contributed by atoms with Gasteiger partial charge in [-0.1, -0.05) is 67.6 Å². The lowest BCUT2D eigenvalue weighted by molar-refractivity contribution is -0.128. The molecule has 1 aliphatic rings. The summed E-state index contributed by atoms with van der Waals surface area (Å²) in [6, 6.07) is 23.7. The van der Waals surface area contributed by atoms with Crippen molar-refractivity contribution in [1.29, 1.82) is 0 Å². The van der Waals surface area contributed by atoms with Crippen molar-refractivity contribution in [3.05, 3.63) is 101 Å². The molecule has 1 saturated heterocycles. The minimum absolute atomic E-state index is 0.0344. The predicted molar refractivity (Wildman–Crippen MR) is 127 cm³/mol. The van der Waals surface area contributed by atoms with Crippen LogP contribution in [0.5, 0.6) is 0 Å². The molecule has 0 spiro atoms. The highest BCUT2D eigenvalue weighted by Crippen LogP contribution is 2.39. The maximum absolute atomic E-state index is 12.8. The second kappa shape index (κ2) is 9.40. The molecule has 3 aromatic carbocycles. The van der Waals surface area contributed by atoms with Gasteiger partial charge in [-0.25, -0.2) is 0 Å². The minimum atomic E-state index is -0.119. The van der Waals surface area contributed by atoms with Crippen LogP contribution in [0.25, 0.3) is 0 Å². The Morgan fingerprint density at radius 3 is 2.48 bits per heavy atom. The first-order valence-electron chi connectivity index (χ1n) is 10.5. The summed E-state index contributed by atoms with van der Waals surface area (Å²) in [5.74, 6) is 0.506. The minimum Gasteiger partial charge on any atom is -0.322 e. The van der Waals surface area contributed by atoms with E-state index in [2.05, 4.69) is 12.2 Å². The summed E-state index contributed by atoms with van der Waals surface area (Å²) >= 11 is 1.63. The zero-order valence-electron chi connectivity index (χ0n) is 17.8. The zero-order chi connectivity index (χ0) is 21.8. The van der Waals surface area contributed by atoms with Crippen LogP contribution in [0.4, 0.5) is 5.69 Å². The first-order valence-corrected chi connectivity index (χ1v) is 11.6. The Kier molecular flexibility index (Phi) is 6.42. The summed E-state index contributed by atoms with van der Waals surface area (Å²) in [6.45, 7) is 4.68. The Labute approximate surface area is 187 Å². The van der Waals surface area contributed by atoms with Gasteiger partial charge in [0, 0.05) is 17.8 Å². The number of nitrogens with one attached hydrogen (secondary N) is 1. The first-order chi connectivity index (χ1) is 15.1. The van der Waals surface area contributed by atoms with Crippen molar-refractivity contribution in [2.75, 3.05) is 11.1 Å². The van der Waals surface area contributed by atoms with Gasteiger partial charge in [0.15, 0.2) is 0 Å². The van der Waals surface area contributed by atoms with Crippen molar-refractivity contribution in [3.8, 4) is 0 Å². The quantitative estimate of drug-likeness (QED) is 0.555. The molecule has 1 unspecified atom stereocenters. The largest absolute Gasteiger partial charge is 0.322 e. The Morgan fingerprint density at radius 1 is 1.03 bits per heavy atom. The topological polar surface area (TPSA) is 49.4 Å². The second-order valence-electron chi connectivity index (χ2n) is 7.71. The summed E-state index contributed by atoms with van der Waals surface area (Å²) in [4.78, 5) is 27.2. The number of nitrogens with zero attached hydrogens (tertiary/aromatic N) is 1. The van der Waals surface area contributed by atoms with Gasteiger partial charge in [0.2, 0.25) is 5.91 Å². The van der Waals surface area contributed by atoms with Crippen molar-refractivity contribution >= 4 is 29.3 Å². The number of hydrogen-bond donors (Lipinski definition) is 1. The van der Waals surface area contributed by atoms with Gasteiger partial charge in [0.25, 0.3) is 5.91 Å². The fourth-order valence-electron chi connectivity index (χ4n) is 3.87. The van der Waals surface area contributed by atoms with Gasteiger partial charge in [0.05, 0.1) is 5.75 Å². The van der Waals surface area contributed by atoms with Crippen molar-refractivity contribution in [2.24, 2.45) is 0 Å². The molecule has 4 nitrogen and oxygen atoms in total. The van der Waals surface area contributed by atoms with Crippen LogP contribution in [0.3, 0.4) is 0 Å². The number of benzene rings is 3. The molecule has 0 aromatic heterocycles. The van der Waals surface area contributed by atoms with Crippen molar-refractivity contribution in [3.63, 3.8) is 0 Å². The molecule has 1 aliphatic heterocycles. The average molecular weight is 431 g/mol. The molecule has 4 rings (SSSR count). The molecule has 31 heavy (non-hydrogen) atoms. The number of carbonyl (C=O) groups is 2. The molecule has 0 bridgehead atoms. The summed E-state index contributed by atoms with van der Waals surface area (Å²) < 4.78 is 0. The van der Waals surface area contributed by atoms with Crippen LogP contribution in [0, 0.1) is 6.92 Å². The van der Waals surface area contributed by atoms with Crippen LogP contribution < -0.4 is 5.32 Å². The number of aryl methyl sites for hydroxylation is 2. The number of thioether (sulfide) groups is 1. The van der Waals surface area contributed by atoms with E-state index in [1.807, 2.05) is 84.6 Å². The van der Waals surface area contributed by atoms with Crippen LogP contribution >= 0.6 is 11.8 Å². The Balaban J connectivity index is 1.50. The standard InChI is InChI=1S/C26H26N2O2S/c1-3-20-11-7-8-18(2)24(20)27-25(30)21-12-14-22(15-13-21)26-28(23(29)17-31-26)16-19-9-5-4-6-10-19/h4-15,26H,3,16-17H2,1-2H3,(H,27,30). The number of para-hydroxylation sites is 1. The normalized spacial score (nSPS) is 15.9. The number of anilines is 1. The third-order valence-corrected chi connectivity index (χ3v) is 6.86. The first kappa shape index (κ1) is 21.2. The molecule has 3 aromatic rings. The van der Waals surface area contributed by atoms with E-state index >= 15 is 0 Å². The van der Waals surface area contributed by atoms with Gasteiger partial charge in [-0.3, -0.25) is 9.59 Å². The van der Waals surface area contributed by atoms with Gasteiger partial charge in [-0.15, -0.1) is 11.8 Å². The molecule has 0 saturated carbocycles. The molecule has 1 heterocycles. The van der Waals surface area contributed by atoms with E-state index in [9.17, 15) is 9.59 Å². The van der Waals surface area contributed by atoms with E-state index in [0.717, 1.165) is 34.4 Å². The third-order valence-electron chi connectivity index (χ3n) is 5.60. The zero-order valence-corrected chi connectivity index (χ0v) is 18.6. The smallest absolute Gasteiger partial charge is 0.255 e. The fourth-order valence-corrected chi connectivity index (χ4v) is 5.06. The number of amides is 2. The van der Waals surface area contributed by atoms with Gasteiger partial charge in [0.1, 0.15) is 5.37 Å². The molecule has 2 amide bonds. The molecular formula is C26H26N2O2S. The lowest BCUT2D eigenvalue weighted by Gasteiger charge is -2.24. The second-order valence-corrected chi connectivity index (χ2v) is 8.78. The molecule has 1 atom stereocenters. The summed E-state index contributed by atoms with van der Waals surface area (Å²) in [6.07, 6.45) is 0.862. The summed E-state index contributed by atoms with van der Waals surface area (Å²) in [7, 11) is 0. The molecular weight excluding hydrogens is 404 g/mol. The monoisotopic (exact) mass is 430 g/mol. The van der Waals surface area contributed by atoms with E-state index < -0.39 is 0 Å². The fraction of sp³-hybridized carbons (Fsp3) is 0.231. The van der Waals surface area contributed by atoms with Crippen LogP contribution in [-0.2, 0) is 17.8 Å². The molecule has 5 heteroatoms.